The van der Waals surface area contributed by atoms with E-state index >= 15 is 0 Å². The van der Waals surface area contributed by atoms with Crippen LogP contribution in [0.4, 0.5) is 0 Å². The molecule has 1 heterocycles. The third kappa shape index (κ3) is 5.75. The Kier molecular flexibility index (Phi) is 6.65. The molecule has 1 aliphatic heterocycles. The van der Waals surface area contributed by atoms with Gasteiger partial charge in [0, 0.05) is 13.0 Å². The van der Waals surface area contributed by atoms with E-state index in [0.717, 1.165) is 13.0 Å². The summed E-state index contributed by atoms with van der Waals surface area (Å²) in [6.45, 7) is 16.9. The summed E-state index contributed by atoms with van der Waals surface area (Å²) in [6.07, 6.45) is 6.81. The molecule has 1 aromatic rings. The molecular weight excluding hydrogens is 294 g/mol. The minimum Gasteiger partial charge on any atom is -0.370 e. The lowest BCUT2D eigenvalue weighted by atomic mass is 9.85. The fourth-order valence-electron chi connectivity index (χ4n) is 3.56. The zero-order valence-electron chi connectivity index (χ0n) is 16.1. The molecule has 24 heavy (non-hydrogen) atoms. The van der Waals surface area contributed by atoms with E-state index in [9.17, 15) is 0 Å². The number of benzene rings is 1. The minimum absolute atomic E-state index is 0.158. The molecule has 1 aromatic carbocycles. The van der Waals surface area contributed by atoms with Gasteiger partial charge in [-0.2, -0.15) is 0 Å². The van der Waals surface area contributed by atoms with Gasteiger partial charge in [0.05, 0.1) is 12.2 Å². The lowest BCUT2D eigenvalue weighted by molar-refractivity contribution is -0.0430. The predicted molar refractivity (Wildman–Crippen MR) is 104 cm³/mol. The number of rotatable bonds is 7. The molecule has 0 amide bonds. The van der Waals surface area contributed by atoms with Crippen LogP contribution in [-0.2, 0) is 16.6 Å². The van der Waals surface area contributed by atoms with Crippen molar-refractivity contribution in [3.63, 3.8) is 0 Å². The van der Waals surface area contributed by atoms with Crippen LogP contribution in [0.5, 0.6) is 0 Å². The standard InChI is InChI=1S/C22H35NO/c1-6-16-24-22(5,18-23-14-8-7-9-15-23)17-19-10-12-20(13-11-19)21(2,3)4/h6,10-13H,1,7-9,14-18H2,2-5H3. The van der Waals surface area contributed by atoms with Gasteiger partial charge in [-0.05, 0) is 49.4 Å². The van der Waals surface area contributed by atoms with Crippen LogP contribution in [0.25, 0.3) is 0 Å². The molecule has 0 spiro atoms. The van der Waals surface area contributed by atoms with E-state index in [1.54, 1.807) is 0 Å². The van der Waals surface area contributed by atoms with Crippen LogP contribution in [0, 0.1) is 0 Å². The van der Waals surface area contributed by atoms with Crippen molar-refractivity contribution in [1.82, 2.24) is 4.90 Å². The van der Waals surface area contributed by atoms with E-state index in [2.05, 4.69) is 63.4 Å². The first-order chi connectivity index (χ1) is 11.3. The maximum Gasteiger partial charge on any atom is 0.0825 e. The Balaban J connectivity index is 2.07. The van der Waals surface area contributed by atoms with Crippen molar-refractivity contribution in [3.05, 3.63) is 48.0 Å². The van der Waals surface area contributed by atoms with E-state index in [1.807, 2.05) is 6.08 Å². The first-order valence-corrected chi connectivity index (χ1v) is 9.39. The Bertz CT molecular complexity index is 508. The van der Waals surface area contributed by atoms with Gasteiger partial charge in [-0.3, -0.25) is 0 Å². The van der Waals surface area contributed by atoms with Gasteiger partial charge in [-0.15, -0.1) is 6.58 Å². The molecule has 1 atom stereocenters. The molecule has 0 bridgehead atoms. The number of ether oxygens (including phenoxy) is 1. The lowest BCUT2D eigenvalue weighted by Gasteiger charge is -2.37. The van der Waals surface area contributed by atoms with Gasteiger partial charge in [-0.1, -0.05) is 57.5 Å². The van der Waals surface area contributed by atoms with Crippen LogP contribution >= 0.6 is 0 Å². The summed E-state index contributed by atoms with van der Waals surface area (Å²) in [7, 11) is 0. The fraction of sp³-hybridized carbons (Fsp3) is 0.636. The highest BCUT2D eigenvalue weighted by Gasteiger charge is 2.29. The van der Waals surface area contributed by atoms with Gasteiger partial charge in [-0.25, -0.2) is 0 Å². The SMILES string of the molecule is C=CCOC(C)(Cc1ccc(C(C)(C)C)cc1)CN1CCCCC1. The second-order valence-corrected chi connectivity index (χ2v) is 8.51. The largest absolute Gasteiger partial charge is 0.370 e. The molecule has 0 aliphatic carbocycles. The molecule has 1 aliphatic rings. The van der Waals surface area contributed by atoms with E-state index in [4.69, 9.17) is 4.74 Å². The monoisotopic (exact) mass is 329 g/mol. The van der Waals surface area contributed by atoms with E-state index in [0.29, 0.717) is 6.61 Å². The fourth-order valence-corrected chi connectivity index (χ4v) is 3.56. The van der Waals surface area contributed by atoms with Gasteiger partial charge in [0.1, 0.15) is 0 Å². The Labute approximate surface area is 148 Å². The Morgan fingerprint density at radius 1 is 1.04 bits per heavy atom. The van der Waals surface area contributed by atoms with Crippen LogP contribution in [0.15, 0.2) is 36.9 Å². The highest BCUT2D eigenvalue weighted by atomic mass is 16.5. The minimum atomic E-state index is -0.158. The number of piperidine rings is 1. The summed E-state index contributed by atoms with van der Waals surface area (Å²) >= 11 is 0. The van der Waals surface area contributed by atoms with Crippen LogP contribution in [-0.4, -0.2) is 36.7 Å². The Morgan fingerprint density at radius 3 is 2.21 bits per heavy atom. The quantitative estimate of drug-likeness (QED) is 0.655. The van der Waals surface area contributed by atoms with Crippen molar-refractivity contribution in [2.45, 2.75) is 64.4 Å². The smallest absolute Gasteiger partial charge is 0.0825 e. The molecule has 0 radical (unpaired) electrons. The zero-order chi connectivity index (χ0) is 17.6. The molecular formula is C22H35NO. The van der Waals surface area contributed by atoms with Crippen LogP contribution < -0.4 is 0 Å². The molecule has 134 valence electrons. The number of hydrogen-bond acceptors (Lipinski definition) is 2. The maximum absolute atomic E-state index is 6.22. The molecule has 2 heteroatoms. The summed E-state index contributed by atoms with van der Waals surface area (Å²) in [6, 6.07) is 9.08. The van der Waals surface area contributed by atoms with Gasteiger partial charge in [0.25, 0.3) is 0 Å². The second-order valence-electron chi connectivity index (χ2n) is 8.51. The van der Waals surface area contributed by atoms with Gasteiger partial charge >= 0.3 is 0 Å². The van der Waals surface area contributed by atoms with E-state index in [1.165, 1.54) is 43.5 Å². The molecule has 0 aromatic heterocycles. The normalized spacial score (nSPS) is 19.0. The lowest BCUT2D eigenvalue weighted by Crippen LogP contribution is -2.46. The van der Waals surface area contributed by atoms with Crippen LogP contribution in [0.3, 0.4) is 0 Å². The van der Waals surface area contributed by atoms with Crippen molar-refractivity contribution < 1.29 is 4.74 Å². The summed E-state index contributed by atoms with van der Waals surface area (Å²) in [4.78, 5) is 2.57. The van der Waals surface area contributed by atoms with Gasteiger partial charge in [0.15, 0.2) is 0 Å². The van der Waals surface area contributed by atoms with E-state index < -0.39 is 0 Å². The average molecular weight is 330 g/mol. The summed E-state index contributed by atoms with van der Waals surface area (Å²) in [5.74, 6) is 0. The first kappa shape index (κ1) is 19.2. The number of hydrogen-bond donors (Lipinski definition) is 0. The molecule has 2 nitrogen and oxygen atoms in total. The first-order valence-electron chi connectivity index (χ1n) is 9.39. The predicted octanol–water partition coefficient (Wildman–Crippen LogP) is 4.97. The highest BCUT2D eigenvalue weighted by Crippen LogP contribution is 2.25. The van der Waals surface area contributed by atoms with Crippen LogP contribution in [0.2, 0.25) is 0 Å². The van der Waals surface area contributed by atoms with Crippen LogP contribution in [0.1, 0.15) is 58.1 Å². The van der Waals surface area contributed by atoms with Crippen molar-refractivity contribution in [2.75, 3.05) is 26.2 Å². The molecule has 0 saturated carbocycles. The average Bonchev–Trinajstić information content (AvgIpc) is 2.53. The summed E-state index contributed by atoms with van der Waals surface area (Å²) < 4.78 is 6.22. The summed E-state index contributed by atoms with van der Waals surface area (Å²) in [5, 5.41) is 0. The van der Waals surface area contributed by atoms with Gasteiger partial charge in [0.2, 0.25) is 0 Å². The topological polar surface area (TPSA) is 12.5 Å². The third-order valence-corrected chi connectivity index (χ3v) is 4.95. The van der Waals surface area contributed by atoms with Gasteiger partial charge < -0.3 is 9.64 Å². The Hall–Kier alpha value is -1.12. The van der Waals surface area contributed by atoms with Crippen molar-refractivity contribution in [2.24, 2.45) is 0 Å². The van der Waals surface area contributed by atoms with E-state index in [-0.39, 0.29) is 11.0 Å². The number of likely N-dealkylation sites (tertiary alicyclic amines) is 1. The maximum atomic E-state index is 6.22. The molecule has 0 N–H and O–H groups in total. The van der Waals surface area contributed by atoms with Crippen molar-refractivity contribution in [3.8, 4) is 0 Å². The zero-order valence-corrected chi connectivity index (χ0v) is 16.1. The van der Waals surface area contributed by atoms with Crippen molar-refractivity contribution >= 4 is 0 Å². The summed E-state index contributed by atoms with van der Waals surface area (Å²) in [5.41, 5.74) is 2.78. The Morgan fingerprint density at radius 2 is 1.67 bits per heavy atom. The molecule has 1 saturated heterocycles. The van der Waals surface area contributed by atoms with Crippen molar-refractivity contribution in [1.29, 1.82) is 0 Å². The third-order valence-electron chi connectivity index (χ3n) is 4.95. The molecule has 1 fully saturated rings. The highest BCUT2D eigenvalue weighted by molar-refractivity contribution is 5.28. The number of nitrogens with zero attached hydrogens (tertiary/aromatic N) is 1. The molecule has 2 rings (SSSR count). The molecule has 1 unspecified atom stereocenters. The second kappa shape index (κ2) is 8.31.